The monoisotopic (exact) mass is 422 g/mol. The van der Waals surface area contributed by atoms with Gasteiger partial charge in [0.2, 0.25) is 0 Å². The van der Waals surface area contributed by atoms with Crippen LogP contribution >= 0.6 is 0 Å². The van der Waals surface area contributed by atoms with Crippen LogP contribution in [-0.4, -0.2) is 38.5 Å². The lowest BCUT2D eigenvalue weighted by molar-refractivity contribution is -0.387. The third-order valence-corrected chi connectivity index (χ3v) is 5.03. The number of nitro benzene ring substituents is 1. The molecule has 0 aliphatic carbocycles. The molecule has 0 aliphatic rings. The smallest absolute Gasteiger partial charge is 0.340 e. The SMILES string of the molecule is CCOC(=O)c1ccc(C(=O)OCC)c(NS(=O)(=O)c2ccccc2[N+](=O)[O-])c1. The molecule has 0 fully saturated rings. The van der Waals surface area contributed by atoms with E-state index < -0.39 is 37.5 Å². The van der Waals surface area contributed by atoms with E-state index in [1.54, 1.807) is 13.8 Å². The number of anilines is 1. The molecule has 154 valence electrons. The van der Waals surface area contributed by atoms with Crippen LogP contribution in [0, 0.1) is 10.1 Å². The number of hydrogen-bond donors (Lipinski definition) is 1. The number of rotatable bonds is 8. The first-order valence-electron chi connectivity index (χ1n) is 8.45. The highest BCUT2D eigenvalue weighted by atomic mass is 32.2. The van der Waals surface area contributed by atoms with Crippen LogP contribution in [-0.2, 0) is 19.5 Å². The van der Waals surface area contributed by atoms with Crippen molar-refractivity contribution >= 4 is 33.3 Å². The van der Waals surface area contributed by atoms with Crippen LogP contribution in [0.3, 0.4) is 0 Å². The van der Waals surface area contributed by atoms with Crippen molar-refractivity contribution in [2.75, 3.05) is 17.9 Å². The largest absolute Gasteiger partial charge is 0.462 e. The van der Waals surface area contributed by atoms with Gasteiger partial charge < -0.3 is 9.47 Å². The van der Waals surface area contributed by atoms with Crippen molar-refractivity contribution in [3.8, 4) is 0 Å². The van der Waals surface area contributed by atoms with Crippen LogP contribution in [0.4, 0.5) is 11.4 Å². The second kappa shape index (κ2) is 9.15. The molecule has 0 bridgehead atoms. The number of esters is 2. The number of carbonyl (C=O) groups is 2. The molecule has 2 rings (SSSR count). The molecule has 0 aliphatic heterocycles. The summed E-state index contributed by atoms with van der Waals surface area (Å²) in [5.41, 5.74) is -1.09. The Labute approximate surface area is 166 Å². The van der Waals surface area contributed by atoms with E-state index in [0.29, 0.717) is 0 Å². The van der Waals surface area contributed by atoms with Crippen LogP contribution in [0.5, 0.6) is 0 Å². The third-order valence-electron chi connectivity index (χ3n) is 3.62. The summed E-state index contributed by atoms with van der Waals surface area (Å²) in [6.07, 6.45) is 0. The van der Waals surface area contributed by atoms with Crippen molar-refractivity contribution in [1.82, 2.24) is 0 Å². The Hall–Kier alpha value is -3.47. The van der Waals surface area contributed by atoms with Crippen molar-refractivity contribution in [3.63, 3.8) is 0 Å². The van der Waals surface area contributed by atoms with Gasteiger partial charge in [0.25, 0.3) is 15.7 Å². The van der Waals surface area contributed by atoms with Gasteiger partial charge in [-0.25, -0.2) is 18.0 Å². The van der Waals surface area contributed by atoms with E-state index in [0.717, 1.165) is 18.2 Å². The van der Waals surface area contributed by atoms with E-state index in [9.17, 15) is 28.1 Å². The minimum Gasteiger partial charge on any atom is -0.462 e. The van der Waals surface area contributed by atoms with Crippen molar-refractivity contribution in [2.45, 2.75) is 18.7 Å². The molecule has 0 amide bonds. The molecule has 0 saturated heterocycles. The second-order valence-electron chi connectivity index (χ2n) is 5.53. The standard InChI is InChI=1S/C18H18N2O8S/c1-3-27-17(21)12-9-10-13(18(22)28-4-2)14(11-12)19-29(25,26)16-8-6-5-7-15(16)20(23)24/h5-11,19H,3-4H2,1-2H3. The first-order valence-corrected chi connectivity index (χ1v) is 9.94. The lowest BCUT2D eigenvalue weighted by Gasteiger charge is -2.13. The summed E-state index contributed by atoms with van der Waals surface area (Å²) in [7, 11) is -4.47. The first kappa shape index (κ1) is 21.8. The Bertz CT molecular complexity index is 1050. The van der Waals surface area contributed by atoms with Gasteiger partial charge in [-0.1, -0.05) is 12.1 Å². The maximum atomic E-state index is 12.8. The zero-order valence-corrected chi connectivity index (χ0v) is 16.4. The maximum absolute atomic E-state index is 12.8. The minimum atomic E-state index is -4.47. The molecule has 0 heterocycles. The summed E-state index contributed by atoms with van der Waals surface area (Å²) in [6.45, 7) is 3.30. The van der Waals surface area contributed by atoms with Gasteiger partial charge in [0.15, 0.2) is 4.90 Å². The number of para-hydroxylation sites is 1. The molecule has 10 nitrogen and oxygen atoms in total. The van der Waals surface area contributed by atoms with Gasteiger partial charge in [-0.15, -0.1) is 0 Å². The van der Waals surface area contributed by atoms with Gasteiger partial charge in [-0.05, 0) is 38.1 Å². The molecule has 0 saturated carbocycles. The summed E-state index contributed by atoms with van der Waals surface area (Å²) >= 11 is 0. The highest BCUT2D eigenvalue weighted by Gasteiger charge is 2.27. The van der Waals surface area contributed by atoms with Gasteiger partial charge in [-0.3, -0.25) is 14.8 Å². The molecule has 11 heteroatoms. The molecule has 29 heavy (non-hydrogen) atoms. The Balaban J connectivity index is 2.56. The summed E-state index contributed by atoms with van der Waals surface area (Å²) in [5, 5.41) is 11.2. The van der Waals surface area contributed by atoms with Crippen molar-refractivity contribution in [2.24, 2.45) is 0 Å². The molecule has 1 N–H and O–H groups in total. The van der Waals surface area contributed by atoms with Gasteiger partial charge >= 0.3 is 11.9 Å². The van der Waals surface area contributed by atoms with Crippen LogP contribution in [0.1, 0.15) is 34.6 Å². The quantitative estimate of drug-likeness (QED) is 0.389. The van der Waals surface area contributed by atoms with E-state index in [2.05, 4.69) is 4.72 Å². The average molecular weight is 422 g/mol. The fourth-order valence-electron chi connectivity index (χ4n) is 2.39. The number of carbonyl (C=O) groups excluding carboxylic acids is 2. The maximum Gasteiger partial charge on any atom is 0.340 e. The zero-order chi connectivity index (χ0) is 21.6. The van der Waals surface area contributed by atoms with Crippen molar-refractivity contribution in [3.05, 3.63) is 63.7 Å². The topological polar surface area (TPSA) is 142 Å². The number of nitrogens with one attached hydrogen (secondary N) is 1. The fraction of sp³-hybridized carbons (Fsp3) is 0.222. The number of benzene rings is 2. The van der Waals surface area contributed by atoms with Gasteiger partial charge in [0, 0.05) is 6.07 Å². The lowest BCUT2D eigenvalue weighted by atomic mass is 10.1. The number of ether oxygens (including phenoxy) is 2. The van der Waals surface area contributed by atoms with Crippen molar-refractivity contribution < 1.29 is 32.4 Å². The van der Waals surface area contributed by atoms with Crippen LogP contribution in [0.15, 0.2) is 47.4 Å². The van der Waals surface area contributed by atoms with Crippen LogP contribution < -0.4 is 4.72 Å². The van der Waals surface area contributed by atoms with Gasteiger partial charge in [-0.2, -0.15) is 0 Å². The molecule has 2 aromatic carbocycles. The third kappa shape index (κ3) is 5.08. The molecule has 2 aromatic rings. The van der Waals surface area contributed by atoms with Crippen molar-refractivity contribution in [1.29, 1.82) is 0 Å². The Morgan fingerprint density at radius 3 is 2.28 bits per heavy atom. The highest BCUT2D eigenvalue weighted by molar-refractivity contribution is 7.92. The molecule has 0 radical (unpaired) electrons. The Kier molecular flexibility index (Phi) is 6.89. The predicted molar refractivity (Wildman–Crippen MR) is 102 cm³/mol. The lowest BCUT2D eigenvalue weighted by Crippen LogP contribution is -2.18. The van der Waals surface area contributed by atoms with E-state index in [1.807, 2.05) is 0 Å². The van der Waals surface area contributed by atoms with Crippen LogP contribution in [0.25, 0.3) is 0 Å². The van der Waals surface area contributed by atoms with E-state index in [4.69, 9.17) is 9.47 Å². The molecule has 0 aromatic heterocycles. The highest BCUT2D eigenvalue weighted by Crippen LogP contribution is 2.28. The van der Waals surface area contributed by atoms with E-state index in [-0.39, 0.29) is 30.0 Å². The zero-order valence-electron chi connectivity index (χ0n) is 15.6. The second-order valence-corrected chi connectivity index (χ2v) is 7.18. The van der Waals surface area contributed by atoms with Crippen LogP contribution in [0.2, 0.25) is 0 Å². The minimum absolute atomic E-state index is 0.0137. The molecule has 0 atom stereocenters. The molecular weight excluding hydrogens is 404 g/mol. The molecule has 0 spiro atoms. The molecule has 0 unspecified atom stereocenters. The number of sulfonamides is 1. The van der Waals surface area contributed by atoms with Gasteiger partial charge in [0.1, 0.15) is 0 Å². The average Bonchev–Trinajstić information content (AvgIpc) is 2.68. The van der Waals surface area contributed by atoms with Gasteiger partial charge in [0.05, 0.1) is 35.0 Å². The van der Waals surface area contributed by atoms with E-state index >= 15 is 0 Å². The predicted octanol–water partition coefficient (Wildman–Crippen LogP) is 2.75. The summed E-state index contributed by atoms with van der Waals surface area (Å²) < 4.78 is 37.5. The normalized spacial score (nSPS) is 10.8. The number of hydrogen-bond acceptors (Lipinski definition) is 8. The fourth-order valence-corrected chi connectivity index (χ4v) is 3.64. The Morgan fingerprint density at radius 2 is 1.66 bits per heavy atom. The Morgan fingerprint density at radius 1 is 1.03 bits per heavy atom. The summed E-state index contributed by atoms with van der Waals surface area (Å²) in [5.74, 6) is -1.56. The summed E-state index contributed by atoms with van der Waals surface area (Å²) in [6, 6.07) is 8.34. The first-order chi connectivity index (χ1) is 13.7. The number of nitrogens with zero attached hydrogens (tertiary/aromatic N) is 1. The van der Waals surface area contributed by atoms with E-state index in [1.165, 1.54) is 24.3 Å². The summed E-state index contributed by atoms with van der Waals surface area (Å²) in [4.78, 5) is 33.9. The molecular formula is C18H18N2O8S. The number of nitro groups is 1.